The molecule has 2 rings (SSSR count). The third-order valence-corrected chi connectivity index (χ3v) is 5.71. The zero-order valence-electron chi connectivity index (χ0n) is 18.5. The average Bonchev–Trinajstić information content (AvgIpc) is 3.20. The van der Waals surface area contributed by atoms with Gasteiger partial charge in [0.15, 0.2) is 5.96 Å². The first-order valence-electron chi connectivity index (χ1n) is 10.5. The number of hydrogen-bond acceptors (Lipinski definition) is 3. The van der Waals surface area contributed by atoms with Crippen molar-refractivity contribution in [3.8, 4) is 0 Å². The molecule has 0 aromatic heterocycles. The molecule has 0 radical (unpaired) electrons. The van der Waals surface area contributed by atoms with Gasteiger partial charge >= 0.3 is 6.18 Å². The summed E-state index contributed by atoms with van der Waals surface area (Å²) in [5.41, 5.74) is -0.153. The summed E-state index contributed by atoms with van der Waals surface area (Å²) in [6.07, 6.45) is 1.02. The lowest BCUT2D eigenvalue weighted by Crippen LogP contribution is -2.46. The maximum atomic E-state index is 13.0. The molecule has 1 aliphatic rings. The van der Waals surface area contributed by atoms with E-state index in [1.165, 1.54) is 11.0 Å². The number of alkyl halides is 3. The van der Waals surface area contributed by atoms with Crippen LogP contribution in [-0.2, 0) is 22.3 Å². The highest BCUT2D eigenvalue weighted by atomic mass is 19.4. The topological polar surface area (TPSA) is 66.0 Å². The Morgan fingerprint density at radius 2 is 1.94 bits per heavy atom. The Balaban J connectivity index is 2.11. The molecular formula is C22H33F3N4O2. The number of hydrogen-bond donors (Lipinski definition) is 2. The second kappa shape index (κ2) is 11.4. The van der Waals surface area contributed by atoms with E-state index in [0.29, 0.717) is 24.7 Å². The third-order valence-electron chi connectivity index (χ3n) is 5.71. The molecule has 0 aliphatic heterocycles. The normalized spacial score (nSPS) is 16.3. The van der Waals surface area contributed by atoms with Crippen LogP contribution in [0.4, 0.5) is 13.2 Å². The van der Waals surface area contributed by atoms with Crippen LogP contribution in [-0.4, -0.2) is 57.7 Å². The fourth-order valence-electron chi connectivity index (χ4n) is 3.74. The Hall–Kier alpha value is -2.29. The van der Waals surface area contributed by atoms with Crippen molar-refractivity contribution < 1.29 is 22.7 Å². The Bertz CT molecular complexity index is 745. The molecule has 0 atom stereocenters. The average molecular weight is 443 g/mol. The van der Waals surface area contributed by atoms with Crippen LogP contribution in [0.2, 0.25) is 0 Å². The number of guanidine groups is 1. The van der Waals surface area contributed by atoms with E-state index < -0.39 is 11.7 Å². The molecule has 31 heavy (non-hydrogen) atoms. The van der Waals surface area contributed by atoms with Gasteiger partial charge in [0.25, 0.3) is 0 Å². The molecule has 0 saturated heterocycles. The van der Waals surface area contributed by atoms with E-state index in [1.54, 1.807) is 27.3 Å². The Kier molecular flexibility index (Phi) is 9.15. The van der Waals surface area contributed by atoms with Crippen LogP contribution in [0.5, 0.6) is 0 Å². The van der Waals surface area contributed by atoms with Crippen LogP contribution in [0.3, 0.4) is 0 Å². The lowest BCUT2D eigenvalue weighted by Gasteiger charge is -2.30. The Morgan fingerprint density at radius 3 is 2.55 bits per heavy atom. The maximum Gasteiger partial charge on any atom is 0.416 e. The third kappa shape index (κ3) is 8.05. The van der Waals surface area contributed by atoms with Crippen molar-refractivity contribution in [2.24, 2.45) is 10.4 Å². The highest BCUT2D eigenvalue weighted by Gasteiger charge is 2.33. The Morgan fingerprint density at radius 1 is 1.23 bits per heavy atom. The Labute approximate surface area is 182 Å². The molecule has 174 valence electrons. The molecule has 0 spiro atoms. The van der Waals surface area contributed by atoms with Gasteiger partial charge in [-0.1, -0.05) is 25.0 Å². The predicted molar refractivity (Wildman–Crippen MR) is 115 cm³/mol. The number of ether oxygens (including phenoxy) is 1. The molecule has 1 fully saturated rings. The van der Waals surface area contributed by atoms with Crippen molar-refractivity contribution in [1.29, 1.82) is 0 Å². The molecule has 2 N–H and O–H groups in total. The monoisotopic (exact) mass is 442 g/mol. The van der Waals surface area contributed by atoms with Crippen molar-refractivity contribution >= 4 is 11.9 Å². The minimum absolute atomic E-state index is 0.0481. The first kappa shape index (κ1) is 25.0. The number of halogens is 3. The summed E-state index contributed by atoms with van der Waals surface area (Å²) >= 11 is 0. The van der Waals surface area contributed by atoms with Gasteiger partial charge in [-0.2, -0.15) is 13.2 Å². The van der Waals surface area contributed by atoms with Crippen LogP contribution in [0, 0.1) is 5.41 Å². The highest BCUT2D eigenvalue weighted by Crippen LogP contribution is 2.40. The quantitative estimate of drug-likeness (QED) is 0.454. The number of amides is 1. The van der Waals surface area contributed by atoms with E-state index in [-0.39, 0.29) is 24.4 Å². The molecule has 0 bridgehead atoms. The number of likely N-dealkylation sites (N-methyl/N-ethyl adjacent to an activating group) is 1. The van der Waals surface area contributed by atoms with Crippen molar-refractivity contribution in [1.82, 2.24) is 15.5 Å². The summed E-state index contributed by atoms with van der Waals surface area (Å²) in [7, 11) is 5.01. The van der Waals surface area contributed by atoms with Crippen LogP contribution < -0.4 is 10.6 Å². The van der Waals surface area contributed by atoms with E-state index in [1.807, 2.05) is 0 Å². The fraction of sp³-hybridized carbons (Fsp3) is 0.636. The first-order chi connectivity index (χ1) is 14.6. The van der Waals surface area contributed by atoms with Gasteiger partial charge in [-0.3, -0.25) is 4.79 Å². The van der Waals surface area contributed by atoms with Gasteiger partial charge < -0.3 is 20.3 Å². The molecule has 1 amide bonds. The number of rotatable bonds is 9. The summed E-state index contributed by atoms with van der Waals surface area (Å²) < 4.78 is 44.2. The van der Waals surface area contributed by atoms with Crippen LogP contribution in [0.15, 0.2) is 29.3 Å². The number of nitrogens with zero attached hydrogens (tertiary/aromatic N) is 2. The number of carbonyl (C=O) groups excluding carboxylic acids is 1. The summed E-state index contributed by atoms with van der Waals surface area (Å²) in [6.45, 7) is 1.46. The van der Waals surface area contributed by atoms with Gasteiger partial charge in [0, 0.05) is 34.4 Å². The number of methoxy groups -OCH3 is 1. The van der Waals surface area contributed by atoms with Gasteiger partial charge in [-0.25, -0.2) is 4.99 Å². The van der Waals surface area contributed by atoms with Gasteiger partial charge in [-0.05, 0) is 42.4 Å². The minimum atomic E-state index is -4.40. The molecule has 1 aliphatic carbocycles. The van der Waals surface area contributed by atoms with Crippen molar-refractivity contribution in [2.75, 3.05) is 40.9 Å². The molecular weight excluding hydrogens is 409 g/mol. The molecule has 1 aromatic carbocycles. The summed E-state index contributed by atoms with van der Waals surface area (Å²) in [5, 5.41) is 6.32. The standard InChI is InChI=1S/C22H33F3N4O2/c1-29(2)19(30)15-27-20(28-16-21(11-12-31-3)9-4-5-10-21)26-14-17-7-6-8-18(13-17)22(23,24)25/h6-8,13H,4-5,9-12,14-16H2,1-3H3,(H2,26,27,28). The fourth-order valence-corrected chi connectivity index (χ4v) is 3.74. The molecule has 6 nitrogen and oxygen atoms in total. The molecule has 0 heterocycles. The van der Waals surface area contributed by atoms with Gasteiger partial charge in [-0.15, -0.1) is 0 Å². The van der Waals surface area contributed by atoms with Gasteiger partial charge in [0.1, 0.15) is 0 Å². The van der Waals surface area contributed by atoms with Crippen LogP contribution in [0.1, 0.15) is 43.2 Å². The zero-order chi connectivity index (χ0) is 22.9. The van der Waals surface area contributed by atoms with Gasteiger partial charge in [0.2, 0.25) is 5.91 Å². The smallest absolute Gasteiger partial charge is 0.385 e. The van der Waals surface area contributed by atoms with Crippen molar-refractivity contribution in [3.05, 3.63) is 35.4 Å². The SMILES string of the molecule is COCCC1(CNC(=NCc2cccc(C(F)(F)F)c2)NCC(=O)N(C)C)CCCC1. The second-order valence-corrected chi connectivity index (χ2v) is 8.31. The van der Waals surface area contributed by atoms with E-state index in [0.717, 1.165) is 44.2 Å². The zero-order valence-corrected chi connectivity index (χ0v) is 18.5. The van der Waals surface area contributed by atoms with Crippen LogP contribution >= 0.6 is 0 Å². The number of nitrogens with one attached hydrogen (secondary N) is 2. The molecule has 0 unspecified atom stereocenters. The molecule has 9 heteroatoms. The number of aliphatic imine (C=N–C) groups is 1. The van der Waals surface area contributed by atoms with Gasteiger partial charge in [0.05, 0.1) is 18.7 Å². The van der Waals surface area contributed by atoms with E-state index in [9.17, 15) is 18.0 Å². The van der Waals surface area contributed by atoms with E-state index in [2.05, 4.69) is 15.6 Å². The summed E-state index contributed by atoms with van der Waals surface area (Å²) in [4.78, 5) is 17.9. The van der Waals surface area contributed by atoms with E-state index in [4.69, 9.17) is 4.74 Å². The summed E-state index contributed by atoms with van der Waals surface area (Å²) in [6, 6.07) is 5.13. The first-order valence-corrected chi connectivity index (χ1v) is 10.5. The summed E-state index contributed by atoms with van der Waals surface area (Å²) in [5.74, 6) is 0.292. The maximum absolute atomic E-state index is 13.0. The van der Waals surface area contributed by atoms with E-state index >= 15 is 0 Å². The largest absolute Gasteiger partial charge is 0.416 e. The van der Waals surface area contributed by atoms with Crippen LogP contribution in [0.25, 0.3) is 0 Å². The van der Waals surface area contributed by atoms with Crippen molar-refractivity contribution in [3.63, 3.8) is 0 Å². The second-order valence-electron chi connectivity index (χ2n) is 8.31. The molecule has 1 saturated carbocycles. The van der Waals surface area contributed by atoms with Crippen molar-refractivity contribution in [2.45, 2.75) is 44.8 Å². The molecule has 1 aromatic rings. The number of carbonyl (C=O) groups is 1. The minimum Gasteiger partial charge on any atom is -0.385 e. The lowest BCUT2D eigenvalue weighted by atomic mass is 9.83. The lowest BCUT2D eigenvalue weighted by molar-refractivity contribution is -0.137. The predicted octanol–water partition coefficient (Wildman–Crippen LogP) is 3.43. The highest BCUT2D eigenvalue weighted by molar-refractivity contribution is 5.86. The number of benzene rings is 1.